The Kier molecular flexibility index (Phi) is 7.64. The van der Waals surface area contributed by atoms with Gasteiger partial charge in [0.15, 0.2) is 5.13 Å². The van der Waals surface area contributed by atoms with E-state index < -0.39 is 11.6 Å². The van der Waals surface area contributed by atoms with E-state index >= 15 is 0 Å². The maximum atomic E-state index is 13.9. The SMILES string of the molecule is COCCCOc1cc(/C=C/c2c(F)cccc2F)cc(C(=O)Nc2nccs2)c1. The number of carbonyl (C=O) groups excluding carboxylic acids is 1. The lowest BCUT2D eigenvalue weighted by Gasteiger charge is -2.10. The van der Waals surface area contributed by atoms with Crippen LogP contribution in [0.4, 0.5) is 13.9 Å². The Balaban J connectivity index is 1.86. The highest BCUT2D eigenvalue weighted by Gasteiger charge is 2.11. The van der Waals surface area contributed by atoms with E-state index in [2.05, 4.69) is 10.3 Å². The molecule has 0 aliphatic carbocycles. The van der Waals surface area contributed by atoms with E-state index in [4.69, 9.17) is 9.47 Å². The summed E-state index contributed by atoms with van der Waals surface area (Å²) in [6.07, 6.45) is 5.13. The number of benzene rings is 2. The molecule has 3 aromatic rings. The highest BCUT2D eigenvalue weighted by molar-refractivity contribution is 7.13. The number of hydrogen-bond acceptors (Lipinski definition) is 5. The number of nitrogens with one attached hydrogen (secondary N) is 1. The van der Waals surface area contributed by atoms with Crippen molar-refractivity contribution in [3.05, 3.63) is 76.3 Å². The Morgan fingerprint density at radius 2 is 1.97 bits per heavy atom. The number of anilines is 1. The smallest absolute Gasteiger partial charge is 0.257 e. The maximum Gasteiger partial charge on any atom is 0.257 e. The van der Waals surface area contributed by atoms with Crippen LogP contribution in [0.5, 0.6) is 5.75 Å². The minimum absolute atomic E-state index is 0.155. The molecular formula is C22H20F2N2O3S. The van der Waals surface area contributed by atoms with Crippen LogP contribution >= 0.6 is 11.3 Å². The lowest BCUT2D eigenvalue weighted by molar-refractivity contribution is 0.102. The van der Waals surface area contributed by atoms with Gasteiger partial charge < -0.3 is 9.47 Å². The van der Waals surface area contributed by atoms with E-state index in [-0.39, 0.29) is 11.5 Å². The molecule has 3 rings (SSSR count). The van der Waals surface area contributed by atoms with E-state index in [9.17, 15) is 13.6 Å². The monoisotopic (exact) mass is 430 g/mol. The van der Waals surface area contributed by atoms with E-state index in [1.807, 2.05) is 0 Å². The summed E-state index contributed by atoms with van der Waals surface area (Å²) in [4.78, 5) is 16.6. The molecule has 0 atom stereocenters. The lowest BCUT2D eigenvalue weighted by Crippen LogP contribution is -2.12. The van der Waals surface area contributed by atoms with Gasteiger partial charge in [0, 0.05) is 42.8 Å². The number of ether oxygens (including phenoxy) is 2. The number of carbonyl (C=O) groups is 1. The molecule has 1 aromatic heterocycles. The van der Waals surface area contributed by atoms with E-state index in [1.54, 1.807) is 36.9 Å². The first-order valence-corrected chi connectivity index (χ1v) is 10.0. The van der Waals surface area contributed by atoms with Gasteiger partial charge in [0.05, 0.1) is 6.61 Å². The predicted octanol–water partition coefficient (Wildman–Crippen LogP) is 5.26. The molecule has 0 aliphatic rings. The molecule has 156 valence electrons. The molecule has 0 radical (unpaired) electrons. The number of hydrogen-bond donors (Lipinski definition) is 1. The summed E-state index contributed by atoms with van der Waals surface area (Å²) in [6, 6.07) is 8.59. The van der Waals surface area contributed by atoms with Crippen molar-refractivity contribution < 1.29 is 23.0 Å². The van der Waals surface area contributed by atoms with Gasteiger partial charge >= 0.3 is 0 Å². The summed E-state index contributed by atoms with van der Waals surface area (Å²) < 4.78 is 38.5. The van der Waals surface area contributed by atoms with Crippen molar-refractivity contribution in [1.29, 1.82) is 0 Å². The number of thiazole rings is 1. The van der Waals surface area contributed by atoms with Crippen molar-refractivity contribution in [2.24, 2.45) is 0 Å². The van der Waals surface area contributed by atoms with Gasteiger partial charge in [0.25, 0.3) is 5.91 Å². The Bertz CT molecular complexity index is 1000. The van der Waals surface area contributed by atoms with Crippen LogP contribution in [0.1, 0.15) is 27.9 Å². The minimum atomic E-state index is -0.667. The standard InChI is InChI=1S/C22H20F2N2O3S/c1-28-9-3-10-29-17-13-15(6-7-18-19(23)4-2-5-20(18)24)12-16(14-17)21(27)26-22-25-8-11-30-22/h2,4-8,11-14H,3,9-10H2,1H3,(H,25,26,27)/b7-6+. The molecule has 5 nitrogen and oxygen atoms in total. The Morgan fingerprint density at radius 1 is 1.17 bits per heavy atom. The van der Waals surface area contributed by atoms with E-state index in [1.165, 1.54) is 41.7 Å². The van der Waals surface area contributed by atoms with Crippen LogP contribution in [0.15, 0.2) is 48.0 Å². The highest BCUT2D eigenvalue weighted by atomic mass is 32.1. The normalized spacial score (nSPS) is 11.0. The van der Waals surface area contributed by atoms with Gasteiger partial charge in [0.2, 0.25) is 0 Å². The Morgan fingerprint density at radius 3 is 2.67 bits per heavy atom. The molecule has 1 amide bonds. The number of halogens is 2. The van der Waals surface area contributed by atoms with Crippen molar-refractivity contribution in [3.63, 3.8) is 0 Å². The molecule has 1 heterocycles. The first-order chi connectivity index (χ1) is 14.6. The van der Waals surface area contributed by atoms with Crippen LogP contribution in [-0.4, -0.2) is 31.2 Å². The molecule has 1 N–H and O–H groups in total. The number of aromatic nitrogens is 1. The molecule has 2 aromatic carbocycles. The van der Waals surface area contributed by atoms with Crippen LogP contribution in [0, 0.1) is 11.6 Å². The third-order valence-corrected chi connectivity index (χ3v) is 4.74. The lowest BCUT2D eigenvalue weighted by atomic mass is 10.1. The summed E-state index contributed by atoms with van der Waals surface area (Å²) in [5.74, 6) is -1.23. The summed E-state index contributed by atoms with van der Waals surface area (Å²) >= 11 is 1.30. The predicted molar refractivity (Wildman–Crippen MR) is 114 cm³/mol. The van der Waals surface area contributed by atoms with E-state index in [0.29, 0.717) is 41.6 Å². The maximum absolute atomic E-state index is 13.9. The van der Waals surface area contributed by atoms with Crippen molar-refractivity contribution in [2.45, 2.75) is 6.42 Å². The Labute approximate surface area is 177 Å². The average molecular weight is 430 g/mol. The van der Waals surface area contributed by atoms with Crippen LogP contribution in [0.2, 0.25) is 0 Å². The van der Waals surface area contributed by atoms with Gasteiger partial charge in [-0.05, 0) is 42.0 Å². The third kappa shape index (κ3) is 5.95. The molecule has 0 unspecified atom stereocenters. The zero-order valence-corrected chi connectivity index (χ0v) is 17.0. The second-order valence-electron chi connectivity index (χ2n) is 6.25. The fourth-order valence-corrected chi connectivity index (χ4v) is 3.15. The van der Waals surface area contributed by atoms with Crippen molar-refractivity contribution in [3.8, 4) is 5.75 Å². The Hall–Kier alpha value is -3.10. The molecular weight excluding hydrogens is 410 g/mol. The van der Waals surface area contributed by atoms with Crippen molar-refractivity contribution >= 4 is 34.5 Å². The fourth-order valence-electron chi connectivity index (χ4n) is 2.63. The first kappa shape index (κ1) is 21.6. The number of methoxy groups -OCH3 is 1. The fraction of sp³-hybridized carbons (Fsp3) is 0.182. The average Bonchev–Trinajstić information content (AvgIpc) is 3.24. The summed E-state index contributed by atoms with van der Waals surface area (Å²) in [5, 5.41) is 4.93. The third-order valence-electron chi connectivity index (χ3n) is 4.05. The molecule has 0 saturated carbocycles. The number of rotatable bonds is 9. The highest BCUT2D eigenvalue weighted by Crippen LogP contribution is 2.22. The summed E-state index contributed by atoms with van der Waals surface area (Å²) in [6.45, 7) is 0.944. The quantitative estimate of drug-likeness (QED) is 0.372. The zero-order chi connectivity index (χ0) is 21.3. The largest absolute Gasteiger partial charge is 0.493 e. The second-order valence-corrected chi connectivity index (χ2v) is 7.14. The first-order valence-electron chi connectivity index (χ1n) is 9.16. The van der Waals surface area contributed by atoms with Gasteiger partial charge in [-0.2, -0.15) is 0 Å². The van der Waals surface area contributed by atoms with Gasteiger partial charge in [-0.15, -0.1) is 11.3 Å². The second kappa shape index (κ2) is 10.6. The van der Waals surface area contributed by atoms with Gasteiger partial charge in [-0.25, -0.2) is 13.8 Å². The molecule has 0 bridgehead atoms. The topological polar surface area (TPSA) is 60.5 Å². The number of amides is 1. The van der Waals surface area contributed by atoms with E-state index in [0.717, 1.165) is 0 Å². The van der Waals surface area contributed by atoms with Gasteiger partial charge in [0.1, 0.15) is 17.4 Å². The minimum Gasteiger partial charge on any atom is -0.493 e. The molecule has 8 heteroatoms. The van der Waals surface area contributed by atoms with Gasteiger partial charge in [-0.1, -0.05) is 12.1 Å². The molecule has 30 heavy (non-hydrogen) atoms. The van der Waals surface area contributed by atoms with Crippen LogP contribution in [0.3, 0.4) is 0 Å². The summed E-state index contributed by atoms with van der Waals surface area (Å²) in [7, 11) is 1.61. The molecule has 0 saturated heterocycles. The van der Waals surface area contributed by atoms with Crippen molar-refractivity contribution in [2.75, 3.05) is 25.6 Å². The van der Waals surface area contributed by atoms with Crippen LogP contribution in [0.25, 0.3) is 12.2 Å². The van der Waals surface area contributed by atoms with Gasteiger partial charge in [-0.3, -0.25) is 10.1 Å². The molecule has 0 aliphatic heterocycles. The molecule has 0 fully saturated rings. The number of nitrogens with zero attached hydrogens (tertiary/aromatic N) is 1. The van der Waals surface area contributed by atoms with Crippen LogP contribution in [-0.2, 0) is 4.74 Å². The van der Waals surface area contributed by atoms with Crippen LogP contribution < -0.4 is 10.1 Å². The zero-order valence-electron chi connectivity index (χ0n) is 16.2. The molecule has 0 spiro atoms. The van der Waals surface area contributed by atoms with Crippen molar-refractivity contribution in [1.82, 2.24) is 4.98 Å². The summed E-state index contributed by atoms with van der Waals surface area (Å²) in [5.41, 5.74) is 0.743.